The summed E-state index contributed by atoms with van der Waals surface area (Å²) >= 11 is 0. The van der Waals surface area contributed by atoms with Gasteiger partial charge in [-0.25, -0.2) is 4.79 Å². The van der Waals surface area contributed by atoms with Crippen molar-refractivity contribution in [1.82, 2.24) is 5.32 Å². The van der Waals surface area contributed by atoms with E-state index in [1.165, 1.54) is 13.2 Å². The van der Waals surface area contributed by atoms with Crippen LogP contribution < -0.4 is 5.32 Å². The fraction of sp³-hybridized carbons (Fsp3) is 0.238. The highest BCUT2D eigenvalue weighted by Crippen LogP contribution is 2.24. The molecule has 26 heavy (non-hydrogen) atoms. The lowest BCUT2D eigenvalue weighted by Crippen LogP contribution is -2.32. The van der Waals surface area contributed by atoms with E-state index in [1.807, 2.05) is 60.7 Å². The van der Waals surface area contributed by atoms with Gasteiger partial charge in [0.2, 0.25) is 0 Å². The number of rotatable bonds is 5. The maximum absolute atomic E-state index is 12.4. The minimum atomic E-state index is -0.612. The van der Waals surface area contributed by atoms with Gasteiger partial charge in [-0.1, -0.05) is 60.7 Å². The minimum absolute atomic E-state index is 0.197. The fourth-order valence-electron chi connectivity index (χ4n) is 3.00. The Bertz CT molecular complexity index is 786. The van der Waals surface area contributed by atoms with Gasteiger partial charge in [0.1, 0.15) is 12.5 Å². The number of methoxy groups -OCH3 is 1. The SMILES string of the molecule is COC(=O)[C@H](Cc1ccccc1)C1=CC(=O)OC[C@@H](c2ccccc2)N1. The first-order valence-corrected chi connectivity index (χ1v) is 8.49. The molecule has 3 rings (SSSR count). The van der Waals surface area contributed by atoms with Crippen LogP contribution in [-0.4, -0.2) is 25.7 Å². The Morgan fingerprint density at radius 3 is 2.46 bits per heavy atom. The van der Waals surface area contributed by atoms with E-state index in [0.29, 0.717) is 12.1 Å². The molecule has 1 heterocycles. The Morgan fingerprint density at radius 1 is 1.15 bits per heavy atom. The number of carbonyl (C=O) groups is 2. The quantitative estimate of drug-likeness (QED) is 0.839. The van der Waals surface area contributed by atoms with Crippen LogP contribution in [0.5, 0.6) is 0 Å². The van der Waals surface area contributed by atoms with Crippen LogP contribution in [0.25, 0.3) is 0 Å². The first kappa shape index (κ1) is 17.7. The van der Waals surface area contributed by atoms with Crippen molar-refractivity contribution in [1.29, 1.82) is 0 Å². The molecule has 134 valence electrons. The van der Waals surface area contributed by atoms with E-state index >= 15 is 0 Å². The monoisotopic (exact) mass is 351 g/mol. The summed E-state index contributed by atoms with van der Waals surface area (Å²) in [6, 6.07) is 19.1. The summed E-state index contributed by atoms with van der Waals surface area (Å²) in [6.45, 7) is 0.197. The number of benzene rings is 2. The first-order valence-electron chi connectivity index (χ1n) is 8.49. The number of hydrogen-bond acceptors (Lipinski definition) is 5. The number of esters is 2. The predicted molar refractivity (Wildman–Crippen MR) is 97.0 cm³/mol. The molecule has 0 fully saturated rings. The van der Waals surface area contributed by atoms with Gasteiger partial charge in [0, 0.05) is 11.8 Å². The van der Waals surface area contributed by atoms with Crippen LogP contribution in [0.2, 0.25) is 0 Å². The van der Waals surface area contributed by atoms with Crippen LogP contribution >= 0.6 is 0 Å². The molecule has 0 unspecified atom stereocenters. The van der Waals surface area contributed by atoms with Gasteiger partial charge in [-0.15, -0.1) is 0 Å². The van der Waals surface area contributed by atoms with Gasteiger partial charge in [-0.2, -0.15) is 0 Å². The van der Waals surface area contributed by atoms with Gasteiger partial charge in [0.05, 0.1) is 13.2 Å². The van der Waals surface area contributed by atoms with Crippen LogP contribution in [0.3, 0.4) is 0 Å². The molecule has 1 aliphatic heterocycles. The van der Waals surface area contributed by atoms with Crippen molar-refractivity contribution in [3.8, 4) is 0 Å². The highest BCUT2D eigenvalue weighted by atomic mass is 16.5. The van der Waals surface area contributed by atoms with Crippen molar-refractivity contribution < 1.29 is 19.1 Å². The lowest BCUT2D eigenvalue weighted by atomic mass is 9.94. The van der Waals surface area contributed by atoms with Crippen molar-refractivity contribution >= 4 is 11.9 Å². The second kappa shape index (κ2) is 8.34. The average molecular weight is 351 g/mol. The third-order valence-electron chi connectivity index (χ3n) is 4.35. The fourth-order valence-corrected chi connectivity index (χ4v) is 3.00. The molecule has 0 aromatic heterocycles. The second-order valence-corrected chi connectivity index (χ2v) is 6.10. The molecule has 2 atom stereocenters. The van der Waals surface area contributed by atoms with E-state index in [9.17, 15) is 9.59 Å². The molecule has 0 amide bonds. The average Bonchev–Trinajstić information content (AvgIpc) is 2.88. The molecule has 0 aliphatic carbocycles. The molecule has 0 radical (unpaired) electrons. The number of carbonyl (C=O) groups excluding carboxylic acids is 2. The Morgan fingerprint density at radius 2 is 1.81 bits per heavy atom. The van der Waals surface area contributed by atoms with Crippen LogP contribution in [0.4, 0.5) is 0 Å². The molecular formula is C21H21NO4. The summed E-state index contributed by atoms with van der Waals surface area (Å²) < 4.78 is 10.3. The first-order chi connectivity index (χ1) is 12.7. The van der Waals surface area contributed by atoms with Gasteiger partial charge in [0.25, 0.3) is 0 Å². The van der Waals surface area contributed by atoms with Gasteiger partial charge < -0.3 is 14.8 Å². The van der Waals surface area contributed by atoms with E-state index in [0.717, 1.165) is 11.1 Å². The number of nitrogens with one attached hydrogen (secondary N) is 1. The second-order valence-electron chi connectivity index (χ2n) is 6.10. The molecule has 2 aromatic rings. The standard InChI is InChI=1S/C21H21NO4/c1-25-21(24)17(12-15-8-4-2-5-9-15)18-13-20(23)26-14-19(22-18)16-10-6-3-7-11-16/h2-11,13,17,19,22H,12,14H2,1H3/t17-,19+/m1/s1. The summed E-state index contributed by atoms with van der Waals surface area (Å²) in [5.41, 5.74) is 2.48. The number of hydrogen-bond donors (Lipinski definition) is 1. The molecule has 0 saturated carbocycles. The lowest BCUT2D eigenvalue weighted by Gasteiger charge is -2.23. The van der Waals surface area contributed by atoms with E-state index < -0.39 is 17.9 Å². The zero-order valence-electron chi connectivity index (χ0n) is 14.6. The molecule has 2 aromatic carbocycles. The van der Waals surface area contributed by atoms with E-state index in [1.54, 1.807) is 0 Å². The normalized spacial score (nSPS) is 18.0. The molecule has 5 nitrogen and oxygen atoms in total. The van der Waals surface area contributed by atoms with Gasteiger partial charge in [0.15, 0.2) is 0 Å². The lowest BCUT2D eigenvalue weighted by molar-refractivity contribution is -0.144. The zero-order chi connectivity index (χ0) is 18.4. The van der Waals surface area contributed by atoms with Crippen LogP contribution in [0.15, 0.2) is 72.4 Å². The highest BCUT2D eigenvalue weighted by molar-refractivity contribution is 5.85. The number of ether oxygens (including phenoxy) is 2. The number of cyclic esters (lactones) is 1. The maximum atomic E-state index is 12.4. The third kappa shape index (κ3) is 4.30. The summed E-state index contributed by atoms with van der Waals surface area (Å²) in [4.78, 5) is 24.5. The molecule has 0 spiro atoms. The van der Waals surface area contributed by atoms with Crippen molar-refractivity contribution in [2.24, 2.45) is 5.92 Å². The largest absolute Gasteiger partial charge is 0.468 e. The van der Waals surface area contributed by atoms with E-state index in [-0.39, 0.29) is 12.6 Å². The van der Waals surface area contributed by atoms with Crippen LogP contribution in [0.1, 0.15) is 17.2 Å². The predicted octanol–water partition coefficient (Wildman–Crippen LogP) is 2.79. The van der Waals surface area contributed by atoms with Crippen LogP contribution in [0, 0.1) is 5.92 Å². The van der Waals surface area contributed by atoms with Crippen molar-refractivity contribution in [3.05, 3.63) is 83.6 Å². The zero-order valence-corrected chi connectivity index (χ0v) is 14.6. The summed E-state index contributed by atoms with van der Waals surface area (Å²) in [5.74, 6) is -1.47. The minimum Gasteiger partial charge on any atom is -0.468 e. The molecule has 0 saturated heterocycles. The van der Waals surface area contributed by atoms with Crippen molar-refractivity contribution in [3.63, 3.8) is 0 Å². The van der Waals surface area contributed by atoms with Gasteiger partial charge >= 0.3 is 11.9 Å². The van der Waals surface area contributed by atoms with Gasteiger partial charge in [-0.05, 0) is 17.5 Å². The van der Waals surface area contributed by atoms with Gasteiger partial charge in [-0.3, -0.25) is 4.79 Å². The van der Waals surface area contributed by atoms with Crippen molar-refractivity contribution in [2.45, 2.75) is 12.5 Å². The Balaban J connectivity index is 1.89. The maximum Gasteiger partial charge on any atom is 0.332 e. The highest BCUT2D eigenvalue weighted by Gasteiger charge is 2.29. The molecule has 1 aliphatic rings. The molecule has 1 N–H and O–H groups in total. The van der Waals surface area contributed by atoms with Crippen LogP contribution in [-0.2, 0) is 25.5 Å². The Labute approximate surface area is 152 Å². The summed E-state index contributed by atoms with van der Waals surface area (Å²) in [7, 11) is 1.35. The Kier molecular flexibility index (Phi) is 5.69. The summed E-state index contributed by atoms with van der Waals surface area (Å²) in [6.07, 6.45) is 1.79. The molecular weight excluding hydrogens is 330 g/mol. The van der Waals surface area contributed by atoms with E-state index in [4.69, 9.17) is 9.47 Å². The third-order valence-corrected chi connectivity index (χ3v) is 4.35. The summed E-state index contributed by atoms with van der Waals surface area (Å²) in [5, 5.41) is 3.31. The smallest absolute Gasteiger partial charge is 0.332 e. The Hall–Kier alpha value is -3.08. The topological polar surface area (TPSA) is 64.6 Å². The van der Waals surface area contributed by atoms with E-state index in [2.05, 4.69) is 5.32 Å². The van der Waals surface area contributed by atoms with Crippen molar-refractivity contribution in [2.75, 3.05) is 13.7 Å². The molecule has 5 heteroatoms. The molecule has 0 bridgehead atoms.